The van der Waals surface area contributed by atoms with Crippen molar-refractivity contribution in [1.82, 2.24) is 21.2 Å². The first-order valence-corrected chi connectivity index (χ1v) is 13.0. The first kappa shape index (κ1) is 24.5. The fraction of sp³-hybridized carbons (Fsp3) is 0.400. The van der Waals surface area contributed by atoms with E-state index in [-0.39, 0.29) is 11.6 Å². The zero-order chi connectivity index (χ0) is 22.9. The van der Waals surface area contributed by atoms with E-state index in [9.17, 15) is 14.4 Å². The van der Waals surface area contributed by atoms with E-state index in [0.717, 1.165) is 18.2 Å². The van der Waals surface area contributed by atoms with Crippen LogP contribution in [-0.2, 0) is 9.53 Å². The number of thioether (sulfide) groups is 1. The van der Waals surface area contributed by atoms with Gasteiger partial charge in [-0.3, -0.25) is 25.2 Å². The first-order valence-electron chi connectivity index (χ1n) is 9.92. The lowest BCUT2D eigenvalue weighted by Crippen LogP contribution is -2.52. The Bertz CT molecular complexity index is 952. The molecule has 1 atom stereocenters. The van der Waals surface area contributed by atoms with Crippen molar-refractivity contribution in [2.75, 3.05) is 43.2 Å². The Morgan fingerprint density at radius 2 is 1.97 bits per heavy atom. The molecule has 1 aromatic carbocycles. The second-order valence-electron chi connectivity index (χ2n) is 6.85. The number of carbonyl (C=O) groups excluding carboxylic acids is 3. The average Bonchev–Trinajstić information content (AvgIpc) is 3.31. The molecule has 0 saturated carbocycles. The smallest absolute Gasteiger partial charge is 0.289 e. The predicted octanol–water partition coefficient (Wildman–Crippen LogP) is 2.05. The highest BCUT2D eigenvalue weighted by molar-refractivity contribution is 9.10. The number of aromatic nitrogens is 1. The Hall–Kier alpha value is -2.15. The lowest BCUT2D eigenvalue weighted by molar-refractivity contribution is -0.123. The Kier molecular flexibility index (Phi) is 9.33. The zero-order valence-corrected chi connectivity index (χ0v) is 20.6. The van der Waals surface area contributed by atoms with Gasteiger partial charge in [0.15, 0.2) is 5.13 Å². The van der Waals surface area contributed by atoms with Gasteiger partial charge in [-0.15, -0.1) is 11.3 Å². The fourth-order valence-corrected chi connectivity index (χ4v) is 4.72. The summed E-state index contributed by atoms with van der Waals surface area (Å²) in [5.74, 6) is -0.733. The van der Waals surface area contributed by atoms with Gasteiger partial charge in [0.25, 0.3) is 17.7 Å². The van der Waals surface area contributed by atoms with Crippen LogP contribution in [0.1, 0.15) is 27.3 Å². The summed E-state index contributed by atoms with van der Waals surface area (Å²) < 4.78 is 5.96. The molecule has 9 nitrogen and oxygen atoms in total. The highest BCUT2D eigenvalue weighted by Crippen LogP contribution is 2.21. The number of anilines is 1. The summed E-state index contributed by atoms with van der Waals surface area (Å²) in [6, 6.07) is 6.17. The van der Waals surface area contributed by atoms with Gasteiger partial charge in [-0.2, -0.15) is 11.8 Å². The minimum Gasteiger partial charge on any atom is -0.378 e. The summed E-state index contributed by atoms with van der Waals surface area (Å²) in [5.41, 5.74) is 5.44. The summed E-state index contributed by atoms with van der Waals surface area (Å²) in [7, 11) is 0. The number of nitrogens with zero attached hydrogens (tertiary/aromatic N) is 2. The number of ether oxygens (including phenoxy) is 1. The van der Waals surface area contributed by atoms with E-state index in [4.69, 9.17) is 4.74 Å². The second kappa shape index (κ2) is 12.2. The van der Waals surface area contributed by atoms with Gasteiger partial charge in [0.2, 0.25) is 0 Å². The highest BCUT2D eigenvalue weighted by atomic mass is 79.9. The first-order chi connectivity index (χ1) is 15.5. The standard InChI is InChI=1S/C20H24BrN5O4S2/c1-31-11-6-15(22-17(27)13-4-2-3-5-14(13)21)18(28)24-25-19(29)16-12-32-20(23-16)26-7-9-30-10-8-26/h2-5,12,15H,6-11H2,1H3,(H,22,27)(H,24,28)(H,25,29)/t15-/m1/s1. The molecule has 1 fully saturated rings. The Morgan fingerprint density at radius 3 is 2.69 bits per heavy atom. The van der Waals surface area contributed by atoms with Gasteiger partial charge in [-0.1, -0.05) is 12.1 Å². The Labute approximate surface area is 202 Å². The number of carbonyl (C=O) groups is 3. The molecule has 0 radical (unpaired) electrons. The monoisotopic (exact) mass is 541 g/mol. The van der Waals surface area contributed by atoms with Crippen molar-refractivity contribution in [2.24, 2.45) is 0 Å². The molecule has 32 heavy (non-hydrogen) atoms. The number of benzene rings is 1. The fourth-order valence-electron chi connectivity index (χ4n) is 2.92. The average molecular weight is 542 g/mol. The molecular formula is C20H24BrN5O4S2. The van der Waals surface area contributed by atoms with Crippen LogP contribution in [0.15, 0.2) is 34.1 Å². The van der Waals surface area contributed by atoms with Crippen LogP contribution in [0.3, 0.4) is 0 Å². The molecule has 2 aromatic rings. The molecule has 3 rings (SSSR count). The van der Waals surface area contributed by atoms with Crippen LogP contribution in [-0.4, -0.2) is 67.1 Å². The number of hydrazine groups is 1. The molecule has 172 valence electrons. The van der Waals surface area contributed by atoms with Crippen molar-refractivity contribution >= 4 is 61.9 Å². The maximum Gasteiger partial charge on any atom is 0.289 e. The summed E-state index contributed by atoms with van der Waals surface area (Å²) in [6.45, 7) is 2.69. The number of amides is 3. The molecule has 0 unspecified atom stereocenters. The number of morpholine rings is 1. The summed E-state index contributed by atoms with van der Waals surface area (Å²) >= 11 is 6.27. The molecule has 3 amide bonds. The maximum atomic E-state index is 12.7. The summed E-state index contributed by atoms with van der Waals surface area (Å²) in [5, 5.41) is 5.13. The molecule has 0 spiro atoms. The van der Waals surface area contributed by atoms with Crippen LogP contribution in [0.2, 0.25) is 0 Å². The zero-order valence-electron chi connectivity index (χ0n) is 17.4. The normalized spacial score (nSPS) is 14.5. The topological polar surface area (TPSA) is 113 Å². The van der Waals surface area contributed by atoms with Crippen LogP contribution < -0.4 is 21.1 Å². The molecule has 0 bridgehead atoms. The van der Waals surface area contributed by atoms with Crippen molar-refractivity contribution in [3.63, 3.8) is 0 Å². The van der Waals surface area contributed by atoms with Gasteiger partial charge in [0.1, 0.15) is 11.7 Å². The minimum atomic E-state index is -0.804. The highest BCUT2D eigenvalue weighted by Gasteiger charge is 2.23. The summed E-state index contributed by atoms with van der Waals surface area (Å²) in [6.07, 6.45) is 2.33. The van der Waals surface area contributed by atoms with Crippen molar-refractivity contribution < 1.29 is 19.1 Å². The maximum absolute atomic E-state index is 12.7. The molecule has 1 aliphatic rings. The third-order valence-electron chi connectivity index (χ3n) is 4.66. The molecule has 1 saturated heterocycles. The molecule has 12 heteroatoms. The van der Waals surface area contributed by atoms with E-state index in [0.29, 0.717) is 35.4 Å². The van der Waals surface area contributed by atoms with Crippen molar-refractivity contribution in [1.29, 1.82) is 0 Å². The van der Waals surface area contributed by atoms with Crippen LogP contribution in [0.25, 0.3) is 0 Å². The second-order valence-corrected chi connectivity index (χ2v) is 9.52. The molecule has 1 aromatic heterocycles. The van der Waals surface area contributed by atoms with Crippen molar-refractivity contribution in [2.45, 2.75) is 12.5 Å². The quantitative estimate of drug-likeness (QED) is 0.438. The number of thiazole rings is 1. The van der Waals surface area contributed by atoms with Crippen LogP contribution in [0.5, 0.6) is 0 Å². The van der Waals surface area contributed by atoms with Crippen molar-refractivity contribution in [3.8, 4) is 0 Å². The van der Waals surface area contributed by atoms with Gasteiger partial charge in [0, 0.05) is 22.9 Å². The van der Waals surface area contributed by atoms with E-state index >= 15 is 0 Å². The van der Waals surface area contributed by atoms with Crippen molar-refractivity contribution in [3.05, 3.63) is 45.4 Å². The number of rotatable bonds is 8. The molecule has 2 heterocycles. The Morgan fingerprint density at radius 1 is 1.22 bits per heavy atom. The Balaban J connectivity index is 1.57. The number of halogens is 1. The van der Waals surface area contributed by atoms with Gasteiger partial charge in [-0.25, -0.2) is 4.98 Å². The van der Waals surface area contributed by atoms with E-state index in [1.54, 1.807) is 41.4 Å². The van der Waals surface area contributed by atoms with Crippen LogP contribution in [0, 0.1) is 0 Å². The van der Waals surface area contributed by atoms with Gasteiger partial charge in [0.05, 0.1) is 18.8 Å². The summed E-state index contributed by atoms with van der Waals surface area (Å²) in [4.78, 5) is 44.2. The number of nitrogens with one attached hydrogen (secondary N) is 3. The minimum absolute atomic E-state index is 0.217. The third-order valence-corrected chi connectivity index (χ3v) is 6.89. The largest absolute Gasteiger partial charge is 0.378 e. The van der Waals surface area contributed by atoms with Gasteiger partial charge >= 0.3 is 0 Å². The third kappa shape index (κ3) is 6.67. The number of hydrogen-bond donors (Lipinski definition) is 3. The van der Waals surface area contributed by atoms with E-state index in [1.807, 2.05) is 6.26 Å². The molecule has 0 aliphatic carbocycles. The van der Waals surface area contributed by atoms with E-state index in [2.05, 4.69) is 42.0 Å². The van der Waals surface area contributed by atoms with E-state index < -0.39 is 17.9 Å². The molecule has 3 N–H and O–H groups in total. The molecular weight excluding hydrogens is 518 g/mol. The molecule has 1 aliphatic heterocycles. The lowest BCUT2D eigenvalue weighted by atomic mass is 10.1. The van der Waals surface area contributed by atoms with Gasteiger partial charge < -0.3 is 15.0 Å². The lowest BCUT2D eigenvalue weighted by Gasteiger charge is -2.25. The SMILES string of the molecule is CSCC[C@@H](NC(=O)c1ccccc1Br)C(=O)NNC(=O)c1csc(N2CCOCC2)n1. The van der Waals surface area contributed by atoms with Crippen LogP contribution in [0.4, 0.5) is 5.13 Å². The number of hydrogen-bond acceptors (Lipinski definition) is 8. The predicted molar refractivity (Wildman–Crippen MR) is 129 cm³/mol. The van der Waals surface area contributed by atoms with Crippen LogP contribution >= 0.6 is 39.0 Å². The van der Waals surface area contributed by atoms with E-state index in [1.165, 1.54) is 11.3 Å². The van der Waals surface area contributed by atoms with Gasteiger partial charge in [-0.05, 0) is 46.5 Å².